The third kappa shape index (κ3) is 1.65. The van der Waals surface area contributed by atoms with Crippen LogP contribution in [0.4, 0.5) is 4.39 Å². The lowest BCUT2D eigenvalue weighted by Gasteiger charge is -2.06. The minimum Gasteiger partial charge on any atom is -0.494 e. The van der Waals surface area contributed by atoms with E-state index in [1.165, 1.54) is 23.7 Å². The lowest BCUT2D eigenvalue weighted by molar-refractivity contribution is 0.386. The zero-order chi connectivity index (χ0) is 15.3. The van der Waals surface area contributed by atoms with E-state index in [0.29, 0.717) is 0 Å². The average Bonchev–Trinajstić information content (AvgIpc) is 3.10. The number of hydrogen-bond donors (Lipinski definition) is 0. The maximum Gasteiger partial charge on any atom is 0.165 e. The molecule has 0 saturated heterocycles. The van der Waals surface area contributed by atoms with Gasteiger partial charge in [0.2, 0.25) is 0 Å². The fraction of sp³-hybridized carbons (Fsp3) is 0.158. The number of benzene rings is 1. The van der Waals surface area contributed by atoms with Crippen LogP contribution in [0.1, 0.15) is 12.5 Å². The lowest BCUT2D eigenvalue weighted by Crippen LogP contribution is -1.90. The molecule has 3 aromatic heterocycles. The summed E-state index contributed by atoms with van der Waals surface area (Å²) in [6.45, 7) is 2.14. The quantitative estimate of drug-likeness (QED) is 0.523. The predicted molar refractivity (Wildman–Crippen MR) is 87.4 cm³/mol. The van der Waals surface area contributed by atoms with Crippen molar-refractivity contribution in [1.29, 1.82) is 0 Å². The molecular formula is C19H16FNO. The Labute approximate surface area is 128 Å². The van der Waals surface area contributed by atoms with Gasteiger partial charge >= 0.3 is 0 Å². The van der Waals surface area contributed by atoms with Crippen LogP contribution >= 0.6 is 0 Å². The van der Waals surface area contributed by atoms with E-state index in [9.17, 15) is 4.39 Å². The number of aromatic nitrogens is 1. The maximum atomic E-state index is 14.1. The van der Waals surface area contributed by atoms with Gasteiger partial charge < -0.3 is 9.14 Å². The molecule has 4 rings (SSSR count). The van der Waals surface area contributed by atoms with Crippen LogP contribution in [-0.2, 0) is 6.42 Å². The molecule has 0 fully saturated rings. The van der Waals surface area contributed by atoms with Gasteiger partial charge in [-0.1, -0.05) is 19.1 Å². The Balaban J connectivity index is 2.07. The number of nitrogens with zero attached hydrogens (tertiary/aromatic N) is 1. The highest BCUT2D eigenvalue weighted by atomic mass is 19.1. The Morgan fingerprint density at radius 2 is 1.91 bits per heavy atom. The molecule has 0 saturated carbocycles. The van der Waals surface area contributed by atoms with Gasteiger partial charge in [-0.2, -0.15) is 0 Å². The highest BCUT2D eigenvalue weighted by molar-refractivity contribution is 5.95. The van der Waals surface area contributed by atoms with Crippen LogP contribution in [0.15, 0.2) is 48.5 Å². The van der Waals surface area contributed by atoms with Gasteiger partial charge in [-0.05, 0) is 53.9 Å². The summed E-state index contributed by atoms with van der Waals surface area (Å²) < 4.78 is 21.4. The van der Waals surface area contributed by atoms with Gasteiger partial charge in [-0.15, -0.1) is 0 Å². The molecule has 0 bridgehead atoms. The number of halogens is 1. The van der Waals surface area contributed by atoms with Crippen molar-refractivity contribution in [3.63, 3.8) is 0 Å². The van der Waals surface area contributed by atoms with E-state index < -0.39 is 0 Å². The minimum atomic E-state index is -0.327. The van der Waals surface area contributed by atoms with E-state index in [-0.39, 0.29) is 11.6 Å². The van der Waals surface area contributed by atoms with Crippen molar-refractivity contribution in [3.05, 3.63) is 59.9 Å². The third-order valence-corrected chi connectivity index (χ3v) is 4.33. The number of hydrogen-bond acceptors (Lipinski definition) is 1. The zero-order valence-electron chi connectivity index (χ0n) is 12.6. The molecule has 0 spiro atoms. The van der Waals surface area contributed by atoms with Crippen LogP contribution in [0.2, 0.25) is 0 Å². The van der Waals surface area contributed by atoms with Gasteiger partial charge in [0.1, 0.15) is 0 Å². The summed E-state index contributed by atoms with van der Waals surface area (Å²) in [5.41, 5.74) is 6.77. The first kappa shape index (κ1) is 13.1. The van der Waals surface area contributed by atoms with Crippen LogP contribution < -0.4 is 4.74 Å². The molecule has 110 valence electrons. The number of rotatable bonds is 3. The van der Waals surface area contributed by atoms with Gasteiger partial charge in [0.05, 0.1) is 18.1 Å². The zero-order valence-corrected chi connectivity index (χ0v) is 12.6. The molecule has 0 unspecified atom stereocenters. The van der Waals surface area contributed by atoms with Crippen LogP contribution in [0.25, 0.3) is 27.7 Å². The van der Waals surface area contributed by atoms with Gasteiger partial charge in [0.15, 0.2) is 11.6 Å². The highest BCUT2D eigenvalue weighted by Crippen LogP contribution is 2.38. The molecule has 3 heterocycles. The topological polar surface area (TPSA) is 13.6 Å². The van der Waals surface area contributed by atoms with E-state index in [4.69, 9.17) is 4.74 Å². The third-order valence-electron chi connectivity index (χ3n) is 4.33. The number of methoxy groups -OCH3 is 1. The molecule has 0 aliphatic rings. The Hall–Kier alpha value is -2.55. The SMILES string of the molecule is CCc1c(-c2ccc(OC)c(F)c2)c2ccc3cccc1n32. The Kier molecular flexibility index (Phi) is 2.83. The van der Waals surface area contributed by atoms with E-state index in [1.54, 1.807) is 12.1 Å². The van der Waals surface area contributed by atoms with Crippen molar-refractivity contribution in [2.24, 2.45) is 0 Å². The molecule has 22 heavy (non-hydrogen) atoms. The van der Waals surface area contributed by atoms with E-state index >= 15 is 0 Å². The van der Waals surface area contributed by atoms with Crippen molar-refractivity contribution < 1.29 is 9.13 Å². The fourth-order valence-corrected chi connectivity index (χ4v) is 3.38. The van der Waals surface area contributed by atoms with Crippen molar-refractivity contribution >= 4 is 16.6 Å². The van der Waals surface area contributed by atoms with E-state index in [1.807, 2.05) is 6.07 Å². The summed E-state index contributed by atoms with van der Waals surface area (Å²) >= 11 is 0. The van der Waals surface area contributed by atoms with Gasteiger partial charge in [0.25, 0.3) is 0 Å². The molecule has 0 aliphatic heterocycles. The minimum absolute atomic E-state index is 0.276. The maximum absolute atomic E-state index is 14.1. The molecular weight excluding hydrogens is 277 g/mol. The van der Waals surface area contributed by atoms with Crippen molar-refractivity contribution in [1.82, 2.24) is 4.40 Å². The highest BCUT2D eigenvalue weighted by Gasteiger charge is 2.18. The van der Waals surface area contributed by atoms with Gasteiger partial charge in [-0.25, -0.2) is 4.39 Å². The van der Waals surface area contributed by atoms with Crippen molar-refractivity contribution in [2.45, 2.75) is 13.3 Å². The standard InChI is InChI=1S/C19H16FNO/c1-3-14-16-6-4-5-13-8-9-17(21(13)16)19(14)12-7-10-18(22-2)15(20)11-12/h4-11H,3H2,1-2H3. The summed E-state index contributed by atoms with van der Waals surface area (Å²) in [6.07, 6.45) is 0.907. The van der Waals surface area contributed by atoms with Crippen molar-refractivity contribution in [3.8, 4) is 16.9 Å². The smallest absolute Gasteiger partial charge is 0.165 e. The van der Waals surface area contributed by atoms with Crippen LogP contribution in [0.3, 0.4) is 0 Å². The predicted octanol–water partition coefficient (Wildman–Crippen LogP) is 4.91. The van der Waals surface area contributed by atoms with Crippen LogP contribution in [0.5, 0.6) is 5.75 Å². The Morgan fingerprint density at radius 3 is 2.64 bits per heavy atom. The summed E-state index contributed by atoms with van der Waals surface area (Å²) in [4.78, 5) is 0. The van der Waals surface area contributed by atoms with Crippen LogP contribution in [0, 0.1) is 5.82 Å². The molecule has 3 heteroatoms. The van der Waals surface area contributed by atoms with Crippen LogP contribution in [-0.4, -0.2) is 11.5 Å². The second-order valence-corrected chi connectivity index (χ2v) is 5.45. The largest absolute Gasteiger partial charge is 0.494 e. The Bertz CT molecular complexity index is 970. The second kappa shape index (κ2) is 4.73. The molecule has 0 aliphatic carbocycles. The normalized spacial score (nSPS) is 11.6. The Morgan fingerprint density at radius 1 is 1.05 bits per heavy atom. The number of aryl methyl sites for hydroxylation is 1. The second-order valence-electron chi connectivity index (χ2n) is 5.45. The summed E-state index contributed by atoms with van der Waals surface area (Å²) in [5.74, 6) is -0.0510. The molecule has 1 aromatic carbocycles. The monoisotopic (exact) mass is 293 g/mol. The lowest BCUT2D eigenvalue weighted by atomic mass is 9.99. The van der Waals surface area contributed by atoms with Gasteiger partial charge in [-0.3, -0.25) is 0 Å². The number of pyridine rings is 1. The molecule has 0 radical (unpaired) electrons. The average molecular weight is 293 g/mol. The number of ether oxygens (including phenoxy) is 1. The fourth-order valence-electron chi connectivity index (χ4n) is 3.38. The first-order valence-electron chi connectivity index (χ1n) is 7.43. The summed E-state index contributed by atoms with van der Waals surface area (Å²) in [7, 11) is 1.48. The molecule has 2 nitrogen and oxygen atoms in total. The van der Waals surface area contributed by atoms with E-state index in [2.05, 4.69) is 41.7 Å². The van der Waals surface area contributed by atoms with Crippen molar-refractivity contribution in [2.75, 3.05) is 7.11 Å². The molecule has 0 atom stereocenters. The summed E-state index contributed by atoms with van der Waals surface area (Å²) in [5, 5.41) is 0. The molecule has 4 aromatic rings. The summed E-state index contributed by atoms with van der Waals surface area (Å²) in [6, 6.07) is 15.7. The molecule has 0 N–H and O–H groups in total. The first-order valence-corrected chi connectivity index (χ1v) is 7.43. The van der Waals surface area contributed by atoms with Gasteiger partial charge in [0, 0.05) is 11.1 Å². The molecule has 0 amide bonds. The van der Waals surface area contributed by atoms with E-state index in [0.717, 1.165) is 23.1 Å². The first-order chi connectivity index (χ1) is 10.7.